The van der Waals surface area contributed by atoms with Gasteiger partial charge in [0.2, 0.25) is 10.0 Å². The molecule has 1 aliphatic rings. The first kappa shape index (κ1) is 15.4. The monoisotopic (exact) mass is 300 g/mol. The molecule has 1 aromatic rings. The molecule has 0 spiro atoms. The highest BCUT2D eigenvalue weighted by molar-refractivity contribution is 7.89. The molecule has 1 heterocycles. The van der Waals surface area contributed by atoms with Gasteiger partial charge in [-0.3, -0.25) is 0 Å². The van der Waals surface area contributed by atoms with E-state index in [2.05, 4.69) is 6.92 Å². The Morgan fingerprint density at radius 3 is 2.65 bits per heavy atom. The highest BCUT2D eigenvalue weighted by Crippen LogP contribution is 2.29. The topological polar surface area (TPSA) is 63.4 Å². The van der Waals surface area contributed by atoms with Crippen LogP contribution in [0, 0.1) is 11.7 Å². The molecule has 0 aliphatic carbocycles. The summed E-state index contributed by atoms with van der Waals surface area (Å²) >= 11 is 0. The zero-order valence-corrected chi connectivity index (χ0v) is 12.7. The first-order valence-electron chi connectivity index (χ1n) is 6.86. The quantitative estimate of drug-likeness (QED) is 0.929. The molecule has 0 radical (unpaired) electrons. The van der Waals surface area contributed by atoms with Crippen LogP contribution in [0.2, 0.25) is 0 Å². The average Bonchev–Trinajstić information content (AvgIpc) is 2.37. The van der Waals surface area contributed by atoms with E-state index >= 15 is 0 Å². The van der Waals surface area contributed by atoms with Gasteiger partial charge in [0, 0.05) is 19.1 Å². The summed E-state index contributed by atoms with van der Waals surface area (Å²) in [6.07, 6.45) is 1.62. The number of halogens is 1. The van der Waals surface area contributed by atoms with Gasteiger partial charge in [0.1, 0.15) is 10.7 Å². The molecule has 1 aliphatic heterocycles. The maximum absolute atomic E-state index is 14.0. The van der Waals surface area contributed by atoms with E-state index in [-0.39, 0.29) is 17.5 Å². The second kappa shape index (κ2) is 5.79. The highest BCUT2D eigenvalue weighted by atomic mass is 32.2. The zero-order chi connectivity index (χ0) is 14.9. The fourth-order valence-electron chi connectivity index (χ4n) is 2.75. The van der Waals surface area contributed by atoms with Crippen LogP contribution in [0.5, 0.6) is 0 Å². The molecule has 1 fully saturated rings. The van der Waals surface area contributed by atoms with E-state index in [1.165, 1.54) is 16.4 Å². The summed E-state index contributed by atoms with van der Waals surface area (Å²) in [7, 11) is -3.77. The molecule has 1 saturated heterocycles. The molecular formula is C14H21FN2O2S. The van der Waals surface area contributed by atoms with E-state index < -0.39 is 15.8 Å². The summed E-state index contributed by atoms with van der Waals surface area (Å²) in [4.78, 5) is -0.254. The minimum atomic E-state index is -3.77. The zero-order valence-electron chi connectivity index (χ0n) is 11.8. The molecule has 2 unspecified atom stereocenters. The number of sulfonamides is 1. The van der Waals surface area contributed by atoms with Gasteiger partial charge in [0.15, 0.2) is 0 Å². The van der Waals surface area contributed by atoms with Crippen molar-refractivity contribution in [3.05, 3.63) is 29.6 Å². The molecule has 20 heavy (non-hydrogen) atoms. The van der Waals surface area contributed by atoms with Crippen molar-refractivity contribution in [2.24, 2.45) is 11.7 Å². The fourth-order valence-corrected chi connectivity index (χ4v) is 4.45. The van der Waals surface area contributed by atoms with Gasteiger partial charge in [-0.1, -0.05) is 13.0 Å². The molecule has 112 valence electrons. The molecule has 4 nitrogen and oxygen atoms in total. The Hall–Kier alpha value is -0.980. The molecule has 0 bridgehead atoms. The van der Waals surface area contributed by atoms with Crippen LogP contribution in [0.3, 0.4) is 0 Å². The van der Waals surface area contributed by atoms with Crippen LogP contribution >= 0.6 is 0 Å². The van der Waals surface area contributed by atoms with E-state index in [1.807, 2.05) is 6.92 Å². The first-order valence-corrected chi connectivity index (χ1v) is 8.30. The Morgan fingerprint density at radius 2 is 2.10 bits per heavy atom. The average molecular weight is 300 g/mol. The van der Waals surface area contributed by atoms with Crippen molar-refractivity contribution in [3.8, 4) is 0 Å². The lowest BCUT2D eigenvalue weighted by molar-refractivity contribution is 0.219. The number of nitrogens with zero attached hydrogens (tertiary/aromatic N) is 1. The van der Waals surface area contributed by atoms with Crippen LogP contribution < -0.4 is 5.73 Å². The standard InChI is InChI=1S/C14H21FN2O2S/c1-10-5-6-17(11(2)7-10)20(18,19)14-4-3-12(9-16)8-13(14)15/h3-4,8,10-11H,5-7,9,16H2,1-2H3. The van der Waals surface area contributed by atoms with Crippen molar-refractivity contribution < 1.29 is 12.8 Å². The third-order valence-corrected chi connectivity index (χ3v) is 5.94. The lowest BCUT2D eigenvalue weighted by atomic mass is 9.95. The number of nitrogens with two attached hydrogens (primary N) is 1. The largest absolute Gasteiger partial charge is 0.326 e. The smallest absolute Gasteiger partial charge is 0.246 e. The van der Waals surface area contributed by atoms with E-state index in [0.717, 1.165) is 12.8 Å². The predicted molar refractivity (Wildman–Crippen MR) is 76.0 cm³/mol. The first-order chi connectivity index (χ1) is 9.36. The maximum atomic E-state index is 14.0. The third-order valence-electron chi connectivity index (χ3n) is 3.90. The van der Waals surface area contributed by atoms with Crippen molar-refractivity contribution in [2.45, 2.75) is 44.2 Å². The lowest BCUT2D eigenvalue weighted by Crippen LogP contribution is -2.44. The summed E-state index contributed by atoms with van der Waals surface area (Å²) in [5.74, 6) is -0.223. The molecule has 2 rings (SSSR count). The van der Waals surface area contributed by atoms with Crippen LogP contribution in [0.15, 0.2) is 23.1 Å². The van der Waals surface area contributed by atoms with Crippen LogP contribution in [0.25, 0.3) is 0 Å². The fraction of sp³-hybridized carbons (Fsp3) is 0.571. The van der Waals surface area contributed by atoms with Gasteiger partial charge < -0.3 is 5.73 Å². The SMILES string of the molecule is CC1CCN(S(=O)(=O)c2ccc(CN)cc2F)C(C)C1. The maximum Gasteiger partial charge on any atom is 0.246 e. The van der Waals surface area contributed by atoms with Crippen molar-refractivity contribution in [3.63, 3.8) is 0 Å². The molecule has 0 amide bonds. The third kappa shape index (κ3) is 2.87. The lowest BCUT2D eigenvalue weighted by Gasteiger charge is -2.35. The second-order valence-corrected chi connectivity index (χ2v) is 7.42. The van der Waals surface area contributed by atoms with Crippen molar-refractivity contribution in [1.82, 2.24) is 4.31 Å². The molecule has 6 heteroatoms. The molecule has 1 aromatic carbocycles. The van der Waals surface area contributed by atoms with Gasteiger partial charge in [-0.25, -0.2) is 12.8 Å². The minimum absolute atomic E-state index is 0.0997. The minimum Gasteiger partial charge on any atom is -0.326 e. The van der Waals surface area contributed by atoms with E-state index in [1.54, 1.807) is 6.07 Å². The normalized spacial score (nSPS) is 24.8. The Morgan fingerprint density at radius 1 is 1.40 bits per heavy atom. The number of hydrogen-bond donors (Lipinski definition) is 1. The Bertz CT molecular complexity index is 589. The van der Waals surface area contributed by atoms with Crippen molar-refractivity contribution >= 4 is 10.0 Å². The van der Waals surface area contributed by atoms with Gasteiger partial charge in [0.25, 0.3) is 0 Å². The van der Waals surface area contributed by atoms with Crippen molar-refractivity contribution in [1.29, 1.82) is 0 Å². The predicted octanol–water partition coefficient (Wildman–Crippen LogP) is 2.09. The van der Waals surface area contributed by atoms with Crippen LogP contribution in [-0.4, -0.2) is 25.3 Å². The molecular weight excluding hydrogens is 279 g/mol. The van der Waals surface area contributed by atoms with Gasteiger partial charge >= 0.3 is 0 Å². The molecule has 2 N–H and O–H groups in total. The van der Waals surface area contributed by atoms with E-state index in [0.29, 0.717) is 18.0 Å². The summed E-state index contributed by atoms with van der Waals surface area (Å²) in [5.41, 5.74) is 6.02. The van der Waals surface area contributed by atoms with Gasteiger partial charge in [-0.05, 0) is 43.4 Å². The van der Waals surface area contributed by atoms with Crippen LogP contribution in [0.1, 0.15) is 32.3 Å². The Balaban J connectivity index is 2.35. The second-order valence-electron chi connectivity index (χ2n) is 5.56. The summed E-state index contributed by atoms with van der Waals surface area (Å²) < 4.78 is 40.6. The molecule has 0 aromatic heterocycles. The Kier molecular flexibility index (Phi) is 4.46. The number of rotatable bonds is 3. The number of piperidine rings is 1. The summed E-state index contributed by atoms with van der Waals surface area (Å²) in [6.45, 7) is 4.62. The Labute approximate surface area is 119 Å². The summed E-state index contributed by atoms with van der Waals surface area (Å²) in [5, 5.41) is 0. The van der Waals surface area contributed by atoms with Gasteiger partial charge in [0.05, 0.1) is 0 Å². The van der Waals surface area contributed by atoms with Gasteiger partial charge in [-0.15, -0.1) is 0 Å². The summed E-state index contributed by atoms with van der Waals surface area (Å²) in [6, 6.07) is 3.98. The number of benzene rings is 1. The molecule has 2 atom stereocenters. The number of hydrogen-bond acceptors (Lipinski definition) is 3. The van der Waals surface area contributed by atoms with Crippen LogP contribution in [0.4, 0.5) is 4.39 Å². The van der Waals surface area contributed by atoms with Crippen LogP contribution in [-0.2, 0) is 16.6 Å². The highest BCUT2D eigenvalue weighted by Gasteiger charge is 2.34. The van der Waals surface area contributed by atoms with Gasteiger partial charge in [-0.2, -0.15) is 4.31 Å². The van der Waals surface area contributed by atoms with E-state index in [4.69, 9.17) is 5.73 Å². The molecule has 0 saturated carbocycles. The van der Waals surface area contributed by atoms with Crippen molar-refractivity contribution in [2.75, 3.05) is 6.54 Å². The van der Waals surface area contributed by atoms with E-state index in [9.17, 15) is 12.8 Å².